The number of aromatic nitrogens is 1. The van der Waals surface area contributed by atoms with Crippen LogP contribution in [-0.2, 0) is 0 Å². The molecule has 0 aliphatic heterocycles. The molecule has 1 aromatic heterocycles. The quantitative estimate of drug-likeness (QED) is 0.717. The largest absolute Gasteiger partial charge is 0.494 e. The average molecular weight is 368 g/mol. The number of amides is 1. The highest BCUT2D eigenvalue weighted by Gasteiger charge is 2.18. The number of carbonyl (C=O) groups is 1. The molecule has 0 unspecified atom stereocenters. The van der Waals surface area contributed by atoms with E-state index in [1.54, 1.807) is 43.6 Å². The van der Waals surface area contributed by atoms with E-state index in [9.17, 15) is 4.79 Å². The van der Waals surface area contributed by atoms with Crippen molar-refractivity contribution in [3.05, 3.63) is 48.2 Å². The maximum Gasteiger partial charge on any atom is 0.255 e. The van der Waals surface area contributed by atoms with Crippen LogP contribution in [0.25, 0.3) is 10.9 Å². The standard InChI is InChI=1S/C20H20N2O5/c1-24-15-8-7-14(13-6-5-9-21-18(13)15)22-20(23)12-10-16(25-2)19(27-4)17(11-12)26-3/h5-11H,1-4H3,(H,22,23). The molecule has 3 rings (SSSR count). The highest BCUT2D eigenvalue weighted by atomic mass is 16.5. The van der Waals surface area contributed by atoms with E-state index in [2.05, 4.69) is 10.3 Å². The first-order valence-electron chi connectivity index (χ1n) is 8.16. The van der Waals surface area contributed by atoms with Crippen LogP contribution < -0.4 is 24.3 Å². The molecule has 1 amide bonds. The summed E-state index contributed by atoms with van der Waals surface area (Å²) >= 11 is 0. The molecular formula is C20H20N2O5. The van der Waals surface area contributed by atoms with Gasteiger partial charge in [-0.25, -0.2) is 0 Å². The Hall–Kier alpha value is -3.48. The van der Waals surface area contributed by atoms with E-state index in [0.717, 1.165) is 5.39 Å². The number of methoxy groups -OCH3 is 4. The van der Waals surface area contributed by atoms with Crippen molar-refractivity contribution in [1.29, 1.82) is 0 Å². The predicted molar refractivity (Wildman–Crippen MR) is 102 cm³/mol. The summed E-state index contributed by atoms with van der Waals surface area (Å²) in [5.74, 6) is 1.56. The molecule has 0 spiro atoms. The number of hydrogen-bond acceptors (Lipinski definition) is 6. The second kappa shape index (κ2) is 7.82. The summed E-state index contributed by atoms with van der Waals surface area (Å²) < 4.78 is 21.2. The Morgan fingerprint density at radius 3 is 2.15 bits per heavy atom. The van der Waals surface area contributed by atoms with Gasteiger partial charge in [0.2, 0.25) is 5.75 Å². The first-order chi connectivity index (χ1) is 13.1. The molecule has 3 aromatic rings. The minimum Gasteiger partial charge on any atom is -0.494 e. The number of anilines is 1. The number of fused-ring (bicyclic) bond motifs is 1. The Labute approximate surface area is 156 Å². The van der Waals surface area contributed by atoms with Gasteiger partial charge in [-0.15, -0.1) is 0 Å². The van der Waals surface area contributed by atoms with Gasteiger partial charge < -0.3 is 24.3 Å². The summed E-state index contributed by atoms with van der Waals surface area (Å²) in [6.07, 6.45) is 1.68. The number of ether oxygens (including phenoxy) is 4. The van der Waals surface area contributed by atoms with Crippen LogP contribution in [0.3, 0.4) is 0 Å². The van der Waals surface area contributed by atoms with Gasteiger partial charge in [0.05, 0.1) is 34.1 Å². The predicted octanol–water partition coefficient (Wildman–Crippen LogP) is 3.52. The lowest BCUT2D eigenvalue weighted by Gasteiger charge is -2.15. The SMILES string of the molecule is COc1cc(C(=O)Nc2ccc(OC)c3ncccc23)cc(OC)c1OC. The summed E-state index contributed by atoms with van der Waals surface area (Å²) in [4.78, 5) is 17.2. The molecule has 0 atom stereocenters. The fraction of sp³-hybridized carbons (Fsp3) is 0.200. The topological polar surface area (TPSA) is 78.9 Å². The van der Waals surface area contributed by atoms with Gasteiger partial charge in [-0.2, -0.15) is 0 Å². The molecule has 0 radical (unpaired) electrons. The molecule has 0 fully saturated rings. The number of rotatable bonds is 6. The number of nitrogens with one attached hydrogen (secondary N) is 1. The van der Waals surface area contributed by atoms with Crippen molar-refractivity contribution in [2.45, 2.75) is 0 Å². The maximum atomic E-state index is 12.8. The highest BCUT2D eigenvalue weighted by Crippen LogP contribution is 2.38. The molecule has 0 aliphatic rings. The third-order valence-electron chi connectivity index (χ3n) is 4.13. The summed E-state index contributed by atoms with van der Waals surface area (Å²) in [5.41, 5.74) is 1.66. The lowest BCUT2D eigenvalue weighted by molar-refractivity contribution is 0.102. The number of carbonyl (C=O) groups excluding carboxylic acids is 1. The van der Waals surface area contributed by atoms with E-state index < -0.39 is 0 Å². The molecule has 27 heavy (non-hydrogen) atoms. The molecule has 0 saturated carbocycles. The minimum atomic E-state index is -0.315. The van der Waals surface area contributed by atoms with Gasteiger partial charge >= 0.3 is 0 Å². The third kappa shape index (κ3) is 3.44. The van der Waals surface area contributed by atoms with Gasteiger partial charge in [-0.3, -0.25) is 9.78 Å². The lowest BCUT2D eigenvalue weighted by Crippen LogP contribution is -2.13. The van der Waals surface area contributed by atoms with Crippen molar-refractivity contribution in [3.63, 3.8) is 0 Å². The third-order valence-corrected chi connectivity index (χ3v) is 4.13. The van der Waals surface area contributed by atoms with Crippen LogP contribution in [-0.4, -0.2) is 39.3 Å². The van der Waals surface area contributed by atoms with Gasteiger partial charge in [0, 0.05) is 17.1 Å². The Balaban J connectivity index is 2.00. The maximum absolute atomic E-state index is 12.8. The van der Waals surface area contributed by atoms with Gasteiger partial charge in [0.25, 0.3) is 5.91 Å². The van der Waals surface area contributed by atoms with E-state index >= 15 is 0 Å². The molecule has 7 heteroatoms. The molecule has 1 heterocycles. The zero-order chi connectivity index (χ0) is 19.4. The van der Waals surface area contributed by atoms with Crippen LogP contribution in [0.15, 0.2) is 42.6 Å². The second-order valence-corrected chi connectivity index (χ2v) is 5.58. The number of benzene rings is 2. The molecule has 1 N–H and O–H groups in total. The first kappa shape index (κ1) is 18.3. The van der Waals surface area contributed by atoms with E-state index in [4.69, 9.17) is 18.9 Å². The van der Waals surface area contributed by atoms with E-state index in [1.165, 1.54) is 21.3 Å². The van der Waals surface area contributed by atoms with Gasteiger partial charge in [0.15, 0.2) is 11.5 Å². The van der Waals surface area contributed by atoms with Gasteiger partial charge in [0.1, 0.15) is 11.3 Å². The summed E-state index contributed by atoms with van der Waals surface area (Å²) in [7, 11) is 6.09. The van der Waals surface area contributed by atoms with E-state index in [1.807, 2.05) is 6.07 Å². The van der Waals surface area contributed by atoms with Crippen molar-refractivity contribution < 1.29 is 23.7 Å². The molecule has 0 saturated heterocycles. The summed E-state index contributed by atoms with van der Waals surface area (Å²) in [5, 5.41) is 3.68. The van der Waals surface area contributed by atoms with Crippen LogP contribution in [0, 0.1) is 0 Å². The van der Waals surface area contributed by atoms with Crippen molar-refractivity contribution >= 4 is 22.5 Å². The Morgan fingerprint density at radius 1 is 0.889 bits per heavy atom. The lowest BCUT2D eigenvalue weighted by atomic mass is 10.1. The summed E-state index contributed by atoms with van der Waals surface area (Å²) in [6, 6.07) is 10.4. The zero-order valence-corrected chi connectivity index (χ0v) is 15.5. The minimum absolute atomic E-state index is 0.315. The zero-order valence-electron chi connectivity index (χ0n) is 15.5. The van der Waals surface area contributed by atoms with Crippen LogP contribution in [0.5, 0.6) is 23.0 Å². The van der Waals surface area contributed by atoms with E-state index in [0.29, 0.717) is 39.8 Å². The smallest absolute Gasteiger partial charge is 0.255 e. The van der Waals surface area contributed by atoms with Crippen molar-refractivity contribution in [2.75, 3.05) is 33.8 Å². The number of nitrogens with zero attached hydrogens (tertiary/aromatic N) is 1. The van der Waals surface area contributed by atoms with Gasteiger partial charge in [-0.1, -0.05) is 0 Å². The molecule has 0 bridgehead atoms. The van der Waals surface area contributed by atoms with Gasteiger partial charge in [-0.05, 0) is 36.4 Å². The van der Waals surface area contributed by atoms with Crippen molar-refractivity contribution in [3.8, 4) is 23.0 Å². The fourth-order valence-electron chi connectivity index (χ4n) is 2.83. The monoisotopic (exact) mass is 368 g/mol. The Kier molecular flexibility index (Phi) is 5.30. The van der Waals surface area contributed by atoms with Crippen LogP contribution >= 0.6 is 0 Å². The normalized spacial score (nSPS) is 10.4. The molecule has 7 nitrogen and oxygen atoms in total. The summed E-state index contributed by atoms with van der Waals surface area (Å²) in [6.45, 7) is 0. The van der Waals surface area contributed by atoms with Crippen molar-refractivity contribution in [1.82, 2.24) is 4.98 Å². The molecule has 0 aliphatic carbocycles. The molecule has 2 aromatic carbocycles. The van der Waals surface area contributed by atoms with Crippen LogP contribution in [0.2, 0.25) is 0 Å². The fourth-order valence-corrected chi connectivity index (χ4v) is 2.83. The number of hydrogen-bond donors (Lipinski definition) is 1. The molecular weight excluding hydrogens is 348 g/mol. The average Bonchev–Trinajstić information content (AvgIpc) is 2.72. The van der Waals surface area contributed by atoms with E-state index in [-0.39, 0.29) is 5.91 Å². The Morgan fingerprint density at radius 2 is 1.56 bits per heavy atom. The van der Waals surface area contributed by atoms with Crippen LogP contribution in [0.4, 0.5) is 5.69 Å². The second-order valence-electron chi connectivity index (χ2n) is 5.58. The molecule has 140 valence electrons. The van der Waals surface area contributed by atoms with Crippen LogP contribution in [0.1, 0.15) is 10.4 Å². The van der Waals surface area contributed by atoms with Crippen molar-refractivity contribution in [2.24, 2.45) is 0 Å². The highest BCUT2D eigenvalue weighted by molar-refractivity contribution is 6.10. The Bertz CT molecular complexity index is 962. The number of pyridine rings is 1. The first-order valence-corrected chi connectivity index (χ1v) is 8.16.